The number of methoxy groups -OCH3 is 1. The van der Waals surface area contributed by atoms with E-state index in [1.807, 2.05) is 38.1 Å². The van der Waals surface area contributed by atoms with Crippen LogP contribution >= 0.6 is 24.8 Å². The van der Waals surface area contributed by atoms with E-state index < -0.39 is 12.2 Å². The summed E-state index contributed by atoms with van der Waals surface area (Å²) in [6.07, 6.45) is 7.41. The summed E-state index contributed by atoms with van der Waals surface area (Å²) >= 11 is 0. The number of halogens is 2. The predicted molar refractivity (Wildman–Crippen MR) is 145 cm³/mol. The number of aliphatic hydroxyl groups excluding tert-OH is 1. The largest absolute Gasteiger partial charge is 0.453 e. The minimum atomic E-state index is -0.535. The molecule has 1 unspecified atom stereocenters. The van der Waals surface area contributed by atoms with E-state index in [-0.39, 0.29) is 48.2 Å². The third kappa shape index (κ3) is 9.12. The summed E-state index contributed by atoms with van der Waals surface area (Å²) < 4.78 is 4.75. The highest BCUT2D eigenvalue weighted by Gasteiger charge is 2.34. The molecule has 2 aliphatic rings. The van der Waals surface area contributed by atoms with E-state index in [1.54, 1.807) is 4.90 Å². The van der Waals surface area contributed by atoms with Gasteiger partial charge in [-0.25, -0.2) is 4.79 Å². The normalized spacial score (nSPS) is 19.9. The maximum absolute atomic E-state index is 13.4. The van der Waals surface area contributed by atoms with Gasteiger partial charge in [0.25, 0.3) is 0 Å². The van der Waals surface area contributed by atoms with Crippen molar-refractivity contribution >= 4 is 42.5 Å². The Hall–Kier alpha value is -1.54. The highest BCUT2D eigenvalue weighted by Crippen LogP contribution is 2.34. The van der Waals surface area contributed by atoms with Crippen molar-refractivity contribution < 1.29 is 19.4 Å². The molecule has 0 saturated heterocycles. The molecule has 4 N–H and O–H groups in total. The number of ether oxygens (including phenoxy) is 1. The summed E-state index contributed by atoms with van der Waals surface area (Å²) in [5.74, 6) is 0.562. The Morgan fingerprint density at radius 1 is 1.20 bits per heavy atom. The summed E-state index contributed by atoms with van der Waals surface area (Å²) in [4.78, 5) is 26.9. The van der Waals surface area contributed by atoms with E-state index in [9.17, 15) is 14.7 Å². The number of amides is 2. The third-order valence-electron chi connectivity index (χ3n) is 7.17. The fourth-order valence-corrected chi connectivity index (χ4v) is 5.44. The van der Waals surface area contributed by atoms with Crippen LogP contribution in [0.1, 0.15) is 70.8 Å². The molecule has 1 aliphatic heterocycles. The Bertz CT molecular complexity index is 818. The molecule has 1 saturated carbocycles. The molecule has 9 heteroatoms. The van der Waals surface area contributed by atoms with Crippen LogP contribution in [-0.2, 0) is 16.0 Å². The van der Waals surface area contributed by atoms with Gasteiger partial charge in [-0.2, -0.15) is 0 Å². The molecular weight excluding hydrogens is 489 g/mol. The molecule has 200 valence electrons. The molecule has 35 heavy (non-hydrogen) atoms. The summed E-state index contributed by atoms with van der Waals surface area (Å²) in [6, 6.07) is 7.25. The number of carbonyl (C=O) groups is 2. The fourth-order valence-electron chi connectivity index (χ4n) is 5.44. The Morgan fingerprint density at radius 3 is 2.51 bits per heavy atom. The average Bonchev–Trinajstić information content (AvgIpc) is 2.78. The average molecular weight is 533 g/mol. The number of fused-ring (bicyclic) bond motifs is 1. The molecule has 3 atom stereocenters. The van der Waals surface area contributed by atoms with Crippen LogP contribution in [0.5, 0.6) is 0 Å². The highest BCUT2D eigenvalue weighted by molar-refractivity contribution is 5.95. The topological polar surface area (TPSA) is 105 Å². The number of alkyl carbamates (subject to hydrolysis) is 1. The van der Waals surface area contributed by atoms with Crippen molar-refractivity contribution in [3.63, 3.8) is 0 Å². The van der Waals surface area contributed by atoms with Crippen molar-refractivity contribution in [1.29, 1.82) is 0 Å². The summed E-state index contributed by atoms with van der Waals surface area (Å²) in [5.41, 5.74) is 7.96. The lowest BCUT2D eigenvalue weighted by Crippen LogP contribution is -2.51. The minimum absolute atomic E-state index is 0. The standard InChI is InChI=1S/C26H41N3O4.2ClH/c1-26(2,15-21(27)23(30)13-18-9-5-4-6-10-18)16-24(31)29-17-20(28-25(32)33-3)14-19-11-7-8-12-22(19)29;;/h7-8,11-12,18,20-21,23,30H,4-6,9-10,13-17,27H2,1-3H3,(H,28,32);2*1H/t20?,21-,23-;;/m0../s1. The van der Waals surface area contributed by atoms with Gasteiger partial charge in [0.15, 0.2) is 0 Å². The number of carbonyl (C=O) groups excluding carboxylic acids is 2. The highest BCUT2D eigenvalue weighted by atomic mass is 35.5. The van der Waals surface area contributed by atoms with Crippen LogP contribution in [0.3, 0.4) is 0 Å². The van der Waals surface area contributed by atoms with Crippen LogP contribution in [0.15, 0.2) is 24.3 Å². The lowest BCUT2D eigenvalue weighted by molar-refractivity contribution is -0.120. The lowest BCUT2D eigenvalue weighted by atomic mass is 9.78. The molecule has 2 amide bonds. The van der Waals surface area contributed by atoms with Gasteiger partial charge < -0.3 is 25.8 Å². The smallest absolute Gasteiger partial charge is 0.407 e. The number of hydrogen-bond donors (Lipinski definition) is 3. The maximum Gasteiger partial charge on any atom is 0.407 e. The number of nitrogens with one attached hydrogen (secondary N) is 1. The van der Waals surface area contributed by atoms with E-state index in [1.165, 1.54) is 39.2 Å². The number of anilines is 1. The van der Waals surface area contributed by atoms with Crippen LogP contribution in [0.2, 0.25) is 0 Å². The van der Waals surface area contributed by atoms with E-state index in [4.69, 9.17) is 10.5 Å². The second-order valence-corrected chi connectivity index (χ2v) is 10.7. The van der Waals surface area contributed by atoms with Gasteiger partial charge in [0.05, 0.1) is 19.3 Å². The van der Waals surface area contributed by atoms with Gasteiger partial charge in [-0.05, 0) is 42.2 Å². The number of nitrogens with zero attached hydrogens (tertiary/aromatic N) is 1. The molecule has 1 aromatic rings. The molecule has 0 aromatic heterocycles. The molecule has 1 aromatic carbocycles. The first kappa shape index (κ1) is 31.5. The SMILES string of the molecule is COC(=O)NC1Cc2ccccc2N(C(=O)CC(C)(C)C[C@H](N)[C@@H](O)CC2CCCCC2)C1.Cl.Cl. The first-order chi connectivity index (χ1) is 15.7. The number of rotatable bonds is 8. The second-order valence-electron chi connectivity index (χ2n) is 10.7. The van der Waals surface area contributed by atoms with Crippen molar-refractivity contribution in [2.45, 2.75) is 89.8 Å². The van der Waals surface area contributed by atoms with Crippen molar-refractivity contribution in [3.05, 3.63) is 29.8 Å². The first-order valence-corrected chi connectivity index (χ1v) is 12.3. The van der Waals surface area contributed by atoms with Gasteiger partial charge in [-0.15, -0.1) is 24.8 Å². The van der Waals surface area contributed by atoms with E-state index in [0.717, 1.165) is 17.7 Å². The third-order valence-corrected chi connectivity index (χ3v) is 7.17. The number of benzene rings is 1. The number of nitrogens with two attached hydrogens (primary N) is 1. The quantitative estimate of drug-likeness (QED) is 0.454. The van der Waals surface area contributed by atoms with Crippen molar-refractivity contribution in [1.82, 2.24) is 5.32 Å². The Kier molecular flexibility index (Phi) is 12.8. The van der Waals surface area contributed by atoms with E-state index in [0.29, 0.717) is 31.7 Å². The molecule has 1 heterocycles. The molecule has 0 spiro atoms. The van der Waals surface area contributed by atoms with Crippen LogP contribution in [0, 0.1) is 11.3 Å². The van der Waals surface area contributed by atoms with Gasteiger partial charge in [0.2, 0.25) is 5.91 Å². The number of hydrogen-bond acceptors (Lipinski definition) is 5. The zero-order chi connectivity index (χ0) is 24.0. The van der Waals surface area contributed by atoms with Crippen molar-refractivity contribution in [2.24, 2.45) is 17.1 Å². The van der Waals surface area contributed by atoms with Crippen LogP contribution in [-0.4, -0.2) is 48.9 Å². The van der Waals surface area contributed by atoms with Crippen LogP contribution in [0.25, 0.3) is 0 Å². The molecule has 7 nitrogen and oxygen atoms in total. The Labute approximate surface area is 222 Å². The number of para-hydroxylation sites is 1. The second kappa shape index (κ2) is 14.3. The molecule has 0 radical (unpaired) electrons. The van der Waals surface area contributed by atoms with Crippen molar-refractivity contribution in [3.8, 4) is 0 Å². The fraction of sp³-hybridized carbons (Fsp3) is 0.692. The minimum Gasteiger partial charge on any atom is -0.453 e. The summed E-state index contributed by atoms with van der Waals surface area (Å²) in [5, 5.41) is 13.6. The van der Waals surface area contributed by atoms with E-state index in [2.05, 4.69) is 5.32 Å². The van der Waals surface area contributed by atoms with Gasteiger partial charge in [-0.1, -0.05) is 64.2 Å². The summed E-state index contributed by atoms with van der Waals surface area (Å²) in [7, 11) is 1.34. The molecule has 1 aliphatic carbocycles. The lowest BCUT2D eigenvalue weighted by Gasteiger charge is -2.37. The first-order valence-electron chi connectivity index (χ1n) is 12.3. The van der Waals surface area contributed by atoms with Crippen molar-refractivity contribution in [2.75, 3.05) is 18.6 Å². The van der Waals surface area contributed by atoms with Gasteiger partial charge in [0.1, 0.15) is 0 Å². The summed E-state index contributed by atoms with van der Waals surface area (Å²) in [6.45, 7) is 4.48. The monoisotopic (exact) mass is 531 g/mol. The van der Waals surface area contributed by atoms with Crippen LogP contribution < -0.4 is 16.0 Å². The zero-order valence-electron chi connectivity index (χ0n) is 21.2. The predicted octanol–water partition coefficient (Wildman–Crippen LogP) is 4.61. The molecular formula is C26H43Cl2N3O4. The Morgan fingerprint density at radius 2 is 1.86 bits per heavy atom. The molecule has 3 rings (SSSR count). The molecule has 0 bridgehead atoms. The zero-order valence-corrected chi connectivity index (χ0v) is 22.8. The van der Waals surface area contributed by atoms with Gasteiger partial charge in [0, 0.05) is 24.7 Å². The number of aliphatic hydroxyl groups is 1. The molecule has 1 fully saturated rings. The Balaban J connectivity index is 0.00000306. The van der Waals surface area contributed by atoms with Crippen LogP contribution in [0.4, 0.5) is 10.5 Å². The van der Waals surface area contributed by atoms with E-state index >= 15 is 0 Å². The van der Waals surface area contributed by atoms with Gasteiger partial charge >= 0.3 is 6.09 Å². The maximum atomic E-state index is 13.4. The van der Waals surface area contributed by atoms with Gasteiger partial charge in [-0.3, -0.25) is 4.79 Å².